The zero-order valence-electron chi connectivity index (χ0n) is 5.12. The second-order valence-electron chi connectivity index (χ2n) is 1.28. The molecule has 0 fully saturated rings. The summed E-state index contributed by atoms with van der Waals surface area (Å²) in [5.74, 6) is 1.27. The molecule has 0 aromatic carbocycles. The maximum atomic E-state index is 3.52. The molecule has 0 spiro atoms. The molecule has 0 aliphatic rings. The Kier molecular flexibility index (Phi) is 45.2. The van der Waals surface area contributed by atoms with Gasteiger partial charge in [0.2, 0.25) is 0 Å². The maximum Gasteiger partial charge on any atom is 0 e. The molecule has 0 saturated carbocycles. The minimum absolute atomic E-state index is 0. The Morgan fingerprint density at radius 1 is 1.25 bits per heavy atom. The second kappa shape index (κ2) is 15.7. The van der Waals surface area contributed by atoms with Crippen molar-refractivity contribution in [3.8, 4) is 0 Å². The van der Waals surface area contributed by atoms with E-state index in [1.165, 1.54) is 5.92 Å². The zero-order chi connectivity index (χ0) is 4.28. The van der Waals surface area contributed by atoms with E-state index < -0.39 is 0 Å². The normalized spacial score (nSPS) is 5.38. The predicted octanol–water partition coefficient (Wildman–Crippen LogP) is -4.59. The molecule has 0 aromatic heterocycles. The molecular formula is C5H9Cl2Ga-2. The molecule has 3 heteroatoms. The molecule has 0 aliphatic carbocycles. The van der Waals surface area contributed by atoms with Gasteiger partial charge in [0.15, 0.2) is 0 Å². The summed E-state index contributed by atoms with van der Waals surface area (Å²) in [6.07, 6.45) is 1.83. The summed E-state index contributed by atoms with van der Waals surface area (Å²) in [5, 5.41) is 0. The van der Waals surface area contributed by atoms with Crippen molar-refractivity contribution in [2.75, 3.05) is 0 Å². The summed E-state index contributed by atoms with van der Waals surface area (Å²) >= 11 is 0. The van der Waals surface area contributed by atoms with Crippen LogP contribution in [0.15, 0.2) is 12.7 Å². The Bertz CT molecular complexity index is 37.4. The average Bonchev–Trinajstić information content (AvgIpc) is 1.38. The van der Waals surface area contributed by atoms with E-state index in [9.17, 15) is 0 Å². The Labute approximate surface area is 77.0 Å². The molecular weight excluding hydrogens is 201 g/mol. The average molecular weight is 210 g/mol. The predicted molar refractivity (Wildman–Crippen MR) is 30.5 cm³/mol. The van der Waals surface area contributed by atoms with Gasteiger partial charge < -0.3 is 24.8 Å². The van der Waals surface area contributed by atoms with E-state index in [1.54, 1.807) is 0 Å². The topological polar surface area (TPSA) is 0 Å². The molecule has 0 rings (SSSR count). The van der Waals surface area contributed by atoms with Gasteiger partial charge in [-0.2, -0.15) is 0 Å². The number of hydrogen-bond donors (Lipinski definition) is 0. The Morgan fingerprint density at radius 3 is 1.38 bits per heavy atom. The molecule has 4 radical (unpaired) electrons. The first-order chi connectivity index (χ1) is 2.27. The van der Waals surface area contributed by atoms with Crippen molar-refractivity contribution < 1.29 is 24.8 Å². The Balaban J connectivity index is -0.0000000267. The Hall–Kier alpha value is 0.956. The van der Waals surface area contributed by atoms with E-state index in [1.807, 2.05) is 19.9 Å². The minimum atomic E-state index is 0. The Morgan fingerprint density at radius 2 is 1.38 bits per heavy atom. The van der Waals surface area contributed by atoms with Gasteiger partial charge in [-0.3, -0.25) is 0 Å². The van der Waals surface area contributed by atoms with E-state index in [-0.39, 0.29) is 44.6 Å². The molecule has 0 aromatic rings. The molecule has 0 heterocycles. The largest absolute Gasteiger partial charge is 1.00 e. The van der Waals surface area contributed by atoms with Gasteiger partial charge in [-0.25, -0.2) is 0 Å². The summed E-state index contributed by atoms with van der Waals surface area (Å²) in [6.45, 7) is 7.56. The summed E-state index contributed by atoms with van der Waals surface area (Å²) in [4.78, 5) is 0. The smallest absolute Gasteiger partial charge is 0 e. The van der Waals surface area contributed by atoms with Crippen molar-refractivity contribution in [2.24, 2.45) is 0 Å². The van der Waals surface area contributed by atoms with Crippen LogP contribution in [0.5, 0.6) is 0 Å². The van der Waals surface area contributed by atoms with Crippen LogP contribution in [-0.2, 0) is 0 Å². The van der Waals surface area contributed by atoms with Gasteiger partial charge in [0.1, 0.15) is 0 Å². The quantitative estimate of drug-likeness (QED) is 0.382. The summed E-state index contributed by atoms with van der Waals surface area (Å²) in [6, 6.07) is 0. The first kappa shape index (κ1) is 23.1. The molecule has 8 heavy (non-hydrogen) atoms. The van der Waals surface area contributed by atoms with Crippen molar-refractivity contribution >= 4 is 19.8 Å². The SMILES string of the molecule is C=C[C](C)C.[Cl-].[Cl-].[Ga]. The fraction of sp³-hybridized carbons (Fsp3) is 0.400. The third-order valence-corrected chi connectivity index (χ3v) is 0.408. The van der Waals surface area contributed by atoms with E-state index in [0.29, 0.717) is 0 Å². The van der Waals surface area contributed by atoms with Gasteiger partial charge in [0.25, 0.3) is 0 Å². The van der Waals surface area contributed by atoms with Gasteiger partial charge in [-0.15, -0.1) is 6.58 Å². The standard InChI is InChI=1S/C5H9.2ClH.Ga/c1-4-5(2)3;;;/h4H,1H2,2-3H3;2*1H;/p-2. The van der Waals surface area contributed by atoms with Crippen LogP contribution < -0.4 is 24.8 Å². The molecule has 0 bridgehead atoms. The minimum Gasteiger partial charge on any atom is -1.00 e. The molecule has 0 saturated heterocycles. The van der Waals surface area contributed by atoms with E-state index in [0.717, 1.165) is 0 Å². The molecule has 0 unspecified atom stereocenters. The van der Waals surface area contributed by atoms with Crippen molar-refractivity contribution in [1.29, 1.82) is 0 Å². The maximum absolute atomic E-state index is 3.52. The van der Waals surface area contributed by atoms with E-state index in [4.69, 9.17) is 0 Å². The number of rotatable bonds is 1. The number of allylic oxidation sites excluding steroid dienone is 1. The first-order valence-electron chi connectivity index (χ1n) is 1.70. The third kappa shape index (κ3) is 28.2. The second-order valence-corrected chi connectivity index (χ2v) is 1.28. The van der Waals surface area contributed by atoms with E-state index in [2.05, 4.69) is 6.58 Å². The van der Waals surface area contributed by atoms with Crippen molar-refractivity contribution in [3.63, 3.8) is 0 Å². The van der Waals surface area contributed by atoms with Crippen molar-refractivity contribution in [2.45, 2.75) is 13.8 Å². The van der Waals surface area contributed by atoms with Gasteiger partial charge in [-0.05, 0) is 5.92 Å². The first-order valence-corrected chi connectivity index (χ1v) is 1.70. The van der Waals surface area contributed by atoms with Crippen LogP contribution in [-0.4, -0.2) is 19.8 Å². The molecule has 0 aliphatic heterocycles. The summed E-state index contributed by atoms with van der Waals surface area (Å²) in [5.41, 5.74) is 0. The van der Waals surface area contributed by atoms with Crippen LogP contribution in [0.3, 0.4) is 0 Å². The monoisotopic (exact) mass is 208 g/mol. The van der Waals surface area contributed by atoms with Gasteiger partial charge in [0.05, 0.1) is 0 Å². The van der Waals surface area contributed by atoms with Crippen LogP contribution in [0, 0.1) is 5.92 Å². The molecule has 0 amide bonds. The van der Waals surface area contributed by atoms with Crippen LogP contribution in [0.1, 0.15) is 13.8 Å². The fourth-order valence-electron chi connectivity index (χ4n) is 0. The molecule has 48 valence electrons. The molecule has 0 N–H and O–H groups in total. The fourth-order valence-corrected chi connectivity index (χ4v) is 0. The summed E-state index contributed by atoms with van der Waals surface area (Å²) < 4.78 is 0. The molecule has 0 nitrogen and oxygen atoms in total. The van der Waals surface area contributed by atoms with Gasteiger partial charge >= 0.3 is 0 Å². The van der Waals surface area contributed by atoms with Crippen molar-refractivity contribution in [1.82, 2.24) is 0 Å². The third-order valence-electron chi connectivity index (χ3n) is 0.408. The van der Waals surface area contributed by atoms with Gasteiger partial charge in [-0.1, -0.05) is 19.9 Å². The zero-order valence-corrected chi connectivity index (χ0v) is 9.05. The van der Waals surface area contributed by atoms with Crippen LogP contribution >= 0.6 is 0 Å². The van der Waals surface area contributed by atoms with E-state index >= 15 is 0 Å². The summed E-state index contributed by atoms with van der Waals surface area (Å²) in [7, 11) is 0. The number of hydrogen-bond acceptors (Lipinski definition) is 0. The van der Waals surface area contributed by atoms with Crippen LogP contribution in [0.25, 0.3) is 0 Å². The molecule has 0 atom stereocenters. The van der Waals surface area contributed by atoms with Crippen LogP contribution in [0.4, 0.5) is 0 Å². The van der Waals surface area contributed by atoms with Gasteiger partial charge in [0, 0.05) is 19.8 Å². The van der Waals surface area contributed by atoms with Crippen molar-refractivity contribution in [3.05, 3.63) is 18.6 Å². The van der Waals surface area contributed by atoms with Crippen LogP contribution in [0.2, 0.25) is 0 Å². The number of halogens is 2.